The predicted octanol–water partition coefficient (Wildman–Crippen LogP) is 5.53. The van der Waals surface area contributed by atoms with Crippen LogP contribution in [0.25, 0.3) is 0 Å². The summed E-state index contributed by atoms with van der Waals surface area (Å²) in [5, 5.41) is 0.742. The van der Waals surface area contributed by atoms with Gasteiger partial charge in [-0.1, -0.05) is 39.7 Å². The summed E-state index contributed by atoms with van der Waals surface area (Å²) >= 11 is 9.43. The number of hydrogen-bond donors (Lipinski definition) is 0. The van der Waals surface area contributed by atoms with E-state index in [0.717, 1.165) is 39.6 Å². The lowest BCUT2D eigenvalue weighted by atomic mass is 10.2. The van der Waals surface area contributed by atoms with Gasteiger partial charge in [-0.2, -0.15) is 0 Å². The molecule has 21 heavy (non-hydrogen) atoms. The van der Waals surface area contributed by atoms with E-state index in [2.05, 4.69) is 40.7 Å². The summed E-state index contributed by atoms with van der Waals surface area (Å²) in [6.07, 6.45) is 0. The van der Waals surface area contributed by atoms with Crippen molar-refractivity contribution in [1.29, 1.82) is 0 Å². The molecule has 0 atom stereocenters. The molecule has 0 unspecified atom stereocenters. The molecule has 0 bridgehead atoms. The van der Waals surface area contributed by atoms with Crippen molar-refractivity contribution in [3.63, 3.8) is 0 Å². The Kier molecular flexibility index (Phi) is 5.95. The number of benzene rings is 2. The van der Waals surface area contributed by atoms with Crippen molar-refractivity contribution in [2.75, 3.05) is 18.0 Å². The van der Waals surface area contributed by atoms with E-state index >= 15 is 0 Å². The Morgan fingerprint density at radius 3 is 2.33 bits per heavy atom. The second kappa shape index (κ2) is 7.71. The molecule has 2 aromatic carbocycles. The van der Waals surface area contributed by atoms with Crippen LogP contribution in [-0.2, 0) is 6.61 Å². The fourth-order valence-electron chi connectivity index (χ4n) is 2.17. The molecule has 2 aromatic rings. The first-order chi connectivity index (χ1) is 10.1. The van der Waals surface area contributed by atoms with Crippen LogP contribution in [0.4, 0.5) is 5.69 Å². The summed E-state index contributed by atoms with van der Waals surface area (Å²) < 4.78 is 7.06. The summed E-state index contributed by atoms with van der Waals surface area (Å²) in [6.45, 7) is 6.72. The van der Waals surface area contributed by atoms with E-state index in [4.69, 9.17) is 16.3 Å². The average molecular weight is 369 g/mol. The zero-order valence-electron chi connectivity index (χ0n) is 12.3. The Morgan fingerprint density at radius 1 is 1.05 bits per heavy atom. The minimum Gasteiger partial charge on any atom is -0.487 e. The molecule has 0 N–H and O–H groups in total. The number of anilines is 1. The zero-order valence-corrected chi connectivity index (χ0v) is 14.6. The number of halogens is 2. The van der Waals surface area contributed by atoms with Gasteiger partial charge in [0, 0.05) is 22.6 Å². The van der Waals surface area contributed by atoms with Gasteiger partial charge in [0.15, 0.2) is 0 Å². The van der Waals surface area contributed by atoms with E-state index in [-0.39, 0.29) is 0 Å². The third-order valence-corrected chi connectivity index (χ3v) is 4.08. The van der Waals surface area contributed by atoms with Crippen molar-refractivity contribution in [3.8, 4) is 5.75 Å². The molecule has 0 radical (unpaired) electrons. The van der Waals surface area contributed by atoms with Gasteiger partial charge in [-0.05, 0) is 49.7 Å². The van der Waals surface area contributed by atoms with Crippen molar-refractivity contribution < 1.29 is 4.74 Å². The van der Waals surface area contributed by atoms with Gasteiger partial charge in [-0.3, -0.25) is 0 Å². The largest absolute Gasteiger partial charge is 0.487 e. The van der Waals surface area contributed by atoms with Gasteiger partial charge < -0.3 is 9.64 Å². The van der Waals surface area contributed by atoms with Crippen molar-refractivity contribution in [1.82, 2.24) is 0 Å². The Bertz CT molecular complexity index is 582. The first kappa shape index (κ1) is 16.2. The molecule has 0 aliphatic carbocycles. The fourth-order valence-corrected chi connectivity index (χ4v) is 2.64. The zero-order chi connectivity index (χ0) is 15.2. The summed E-state index contributed by atoms with van der Waals surface area (Å²) in [6, 6.07) is 13.8. The first-order valence-electron chi connectivity index (χ1n) is 7.05. The smallest absolute Gasteiger partial charge is 0.143 e. The molecule has 0 amide bonds. The van der Waals surface area contributed by atoms with Gasteiger partial charge in [0.05, 0.1) is 5.69 Å². The molecule has 0 fully saturated rings. The molecule has 4 heteroatoms. The Labute approximate surface area is 139 Å². The summed E-state index contributed by atoms with van der Waals surface area (Å²) in [5.41, 5.74) is 2.22. The summed E-state index contributed by atoms with van der Waals surface area (Å²) in [4.78, 5) is 2.28. The van der Waals surface area contributed by atoms with Gasteiger partial charge >= 0.3 is 0 Å². The maximum Gasteiger partial charge on any atom is 0.143 e. The van der Waals surface area contributed by atoms with Crippen LogP contribution in [0.1, 0.15) is 19.4 Å². The third kappa shape index (κ3) is 4.39. The van der Waals surface area contributed by atoms with Crippen LogP contribution in [0.3, 0.4) is 0 Å². The standard InChI is InChI=1S/C17H19BrClNO/c1-3-20(4-2)16-11-14(18)7-10-17(16)21-12-13-5-8-15(19)9-6-13/h5-11H,3-4,12H2,1-2H3. The van der Waals surface area contributed by atoms with Crippen LogP contribution < -0.4 is 9.64 Å². The molecule has 2 nitrogen and oxygen atoms in total. The molecular formula is C17H19BrClNO. The monoisotopic (exact) mass is 367 g/mol. The molecule has 0 saturated carbocycles. The minimum atomic E-state index is 0.535. The van der Waals surface area contributed by atoms with E-state index in [1.807, 2.05) is 36.4 Å². The summed E-state index contributed by atoms with van der Waals surface area (Å²) in [7, 11) is 0. The lowest BCUT2D eigenvalue weighted by Crippen LogP contribution is -2.22. The molecule has 0 spiro atoms. The van der Waals surface area contributed by atoms with E-state index in [0.29, 0.717) is 6.61 Å². The van der Waals surface area contributed by atoms with Crippen molar-refractivity contribution >= 4 is 33.2 Å². The van der Waals surface area contributed by atoms with Gasteiger partial charge in [-0.15, -0.1) is 0 Å². The molecule has 0 aromatic heterocycles. The molecule has 0 aliphatic rings. The van der Waals surface area contributed by atoms with E-state index in [9.17, 15) is 0 Å². The topological polar surface area (TPSA) is 12.5 Å². The molecule has 112 valence electrons. The van der Waals surface area contributed by atoms with E-state index in [1.54, 1.807) is 0 Å². The highest BCUT2D eigenvalue weighted by Gasteiger charge is 2.10. The highest BCUT2D eigenvalue weighted by Crippen LogP contribution is 2.32. The minimum absolute atomic E-state index is 0.535. The maximum atomic E-state index is 6.00. The van der Waals surface area contributed by atoms with Crippen LogP contribution in [0.2, 0.25) is 5.02 Å². The quantitative estimate of drug-likeness (QED) is 0.665. The van der Waals surface area contributed by atoms with Gasteiger partial charge in [0.1, 0.15) is 12.4 Å². The van der Waals surface area contributed by atoms with Gasteiger partial charge in [-0.25, -0.2) is 0 Å². The second-order valence-corrected chi connectivity index (χ2v) is 6.05. The van der Waals surface area contributed by atoms with Crippen LogP contribution in [0, 0.1) is 0 Å². The van der Waals surface area contributed by atoms with Gasteiger partial charge in [0.25, 0.3) is 0 Å². The maximum absolute atomic E-state index is 6.00. The van der Waals surface area contributed by atoms with E-state index in [1.165, 1.54) is 0 Å². The van der Waals surface area contributed by atoms with Gasteiger partial charge in [0.2, 0.25) is 0 Å². The highest BCUT2D eigenvalue weighted by atomic mass is 79.9. The molecule has 0 aliphatic heterocycles. The van der Waals surface area contributed by atoms with Crippen molar-refractivity contribution in [3.05, 3.63) is 57.5 Å². The second-order valence-electron chi connectivity index (χ2n) is 4.70. The molecule has 0 heterocycles. The average Bonchev–Trinajstić information content (AvgIpc) is 2.49. The third-order valence-electron chi connectivity index (χ3n) is 3.33. The molecule has 2 rings (SSSR count). The predicted molar refractivity (Wildman–Crippen MR) is 93.5 cm³/mol. The van der Waals surface area contributed by atoms with Crippen LogP contribution in [-0.4, -0.2) is 13.1 Å². The highest BCUT2D eigenvalue weighted by molar-refractivity contribution is 9.10. The number of rotatable bonds is 6. The summed E-state index contributed by atoms with van der Waals surface area (Å²) in [5.74, 6) is 0.900. The van der Waals surface area contributed by atoms with Crippen molar-refractivity contribution in [2.45, 2.75) is 20.5 Å². The lowest BCUT2D eigenvalue weighted by molar-refractivity contribution is 0.306. The number of nitrogens with zero attached hydrogens (tertiary/aromatic N) is 1. The number of hydrogen-bond acceptors (Lipinski definition) is 2. The van der Waals surface area contributed by atoms with Crippen LogP contribution in [0.15, 0.2) is 46.9 Å². The van der Waals surface area contributed by atoms with Crippen molar-refractivity contribution in [2.24, 2.45) is 0 Å². The lowest BCUT2D eigenvalue weighted by Gasteiger charge is -2.24. The Hall–Kier alpha value is -1.19. The van der Waals surface area contributed by atoms with Crippen LogP contribution >= 0.6 is 27.5 Å². The Morgan fingerprint density at radius 2 is 1.71 bits per heavy atom. The SMILES string of the molecule is CCN(CC)c1cc(Br)ccc1OCc1ccc(Cl)cc1. The first-order valence-corrected chi connectivity index (χ1v) is 8.22. The molecular weight excluding hydrogens is 350 g/mol. The fraction of sp³-hybridized carbons (Fsp3) is 0.294. The normalized spacial score (nSPS) is 10.5. The number of ether oxygens (including phenoxy) is 1. The van der Waals surface area contributed by atoms with Crippen LogP contribution in [0.5, 0.6) is 5.75 Å². The van der Waals surface area contributed by atoms with E-state index < -0.39 is 0 Å². The molecule has 0 saturated heterocycles. The Balaban J connectivity index is 2.17.